The molecule has 2 atom stereocenters. The van der Waals surface area contributed by atoms with Gasteiger partial charge in [-0.3, -0.25) is 0 Å². The van der Waals surface area contributed by atoms with Crippen LogP contribution in [0.3, 0.4) is 0 Å². The molecule has 0 bridgehead atoms. The third kappa shape index (κ3) is 2.99. The largest absolute Gasteiger partial charge is 0.326 e. The van der Waals surface area contributed by atoms with Crippen LogP contribution in [0.2, 0.25) is 0 Å². The summed E-state index contributed by atoms with van der Waals surface area (Å²) in [5, 5.41) is 0. The molecule has 1 aromatic rings. The Labute approximate surface area is 126 Å². The molecule has 2 aliphatic heterocycles. The fourth-order valence-electron chi connectivity index (χ4n) is 3.37. The van der Waals surface area contributed by atoms with Crippen LogP contribution < -0.4 is 5.73 Å². The van der Waals surface area contributed by atoms with Crippen LogP contribution in [-0.4, -0.2) is 42.7 Å². The number of rotatable bonds is 2. The van der Waals surface area contributed by atoms with E-state index in [0.717, 1.165) is 18.4 Å². The zero-order valence-corrected chi connectivity index (χ0v) is 13.2. The summed E-state index contributed by atoms with van der Waals surface area (Å²) in [7, 11) is -3.41. The molecule has 6 heteroatoms. The van der Waals surface area contributed by atoms with Crippen LogP contribution in [0.25, 0.3) is 0 Å². The minimum absolute atomic E-state index is 0.0550. The van der Waals surface area contributed by atoms with Crippen molar-refractivity contribution in [3.05, 3.63) is 35.4 Å². The van der Waals surface area contributed by atoms with Crippen molar-refractivity contribution < 1.29 is 8.42 Å². The predicted molar refractivity (Wildman–Crippen MR) is 82.8 cm³/mol. The van der Waals surface area contributed by atoms with Gasteiger partial charge >= 0.3 is 0 Å². The molecule has 2 aliphatic rings. The van der Waals surface area contributed by atoms with Crippen molar-refractivity contribution in [1.82, 2.24) is 8.61 Å². The number of hydrogen-bond acceptors (Lipinski definition) is 3. The zero-order valence-electron chi connectivity index (χ0n) is 12.4. The minimum atomic E-state index is -3.41. The maximum absolute atomic E-state index is 12.8. The van der Waals surface area contributed by atoms with Gasteiger partial charge in [-0.05, 0) is 29.9 Å². The maximum Gasteiger partial charge on any atom is 0.282 e. The molecule has 2 unspecified atom stereocenters. The molecule has 0 spiro atoms. The smallest absolute Gasteiger partial charge is 0.282 e. The molecule has 2 heterocycles. The summed E-state index contributed by atoms with van der Waals surface area (Å²) >= 11 is 0. The highest BCUT2D eigenvalue weighted by atomic mass is 32.2. The minimum Gasteiger partial charge on any atom is -0.326 e. The van der Waals surface area contributed by atoms with Gasteiger partial charge in [0.2, 0.25) is 0 Å². The third-order valence-electron chi connectivity index (χ3n) is 4.41. The zero-order chi connectivity index (χ0) is 15.0. The van der Waals surface area contributed by atoms with Gasteiger partial charge in [-0.15, -0.1) is 0 Å². The van der Waals surface area contributed by atoms with Crippen molar-refractivity contribution in [2.24, 2.45) is 11.7 Å². The van der Waals surface area contributed by atoms with Crippen LogP contribution in [0.5, 0.6) is 0 Å². The molecule has 0 saturated carbocycles. The van der Waals surface area contributed by atoms with E-state index >= 15 is 0 Å². The summed E-state index contributed by atoms with van der Waals surface area (Å²) in [5.74, 6) is 0.320. The van der Waals surface area contributed by atoms with Gasteiger partial charge < -0.3 is 5.73 Å². The van der Waals surface area contributed by atoms with E-state index in [1.165, 1.54) is 5.56 Å². The van der Waals surface area contributed by atoms with Crippen molar-refractivity contribution in [2.45, 2.75) is 32.4 Å². The Kier molecular flexibility index (Phi) is 4.05. The molecule has 116 valence electrons. The van der Waals surface area contributed by atoms with Crippen molar-refractivity contribution in [2.75, 3.05) is 19.6 Å². The highest BCUT2D eigenvalue weighted by Gasteiger charge is 2.36. The fourth-order valence-corrected chi connectivity index (χ4v) is 5.14. The standard InChI is InChI=1S/C15H23N3O2S/c1-12-8-15(16)11-18(9-12)21(19,20)17-7-6-13-4-2-3-5-14(13)10-17/h2-5,12,15H,6-11,16H2,1H3. The average Bonchev–Trinajstić information content (AvgIpc) is 2.45. The Morgan fingerprint density at radius 1 is 1.14 bits per heavy atom. The maximum atomic E-state index is 12.8. The SMILES string of the molecule is CC1CC(N)CN(S(=O)(=O)N2CCc3ccccc3C2)C1. The lowest BCUT2D eigenvalue weighted by atomic mass is 9.99. The number of benzene rings is 1. The first kappa shape index (κ1) is 15.0. The van der Waals surface area contributed by atoms with Gasteiger partial charge in [-0.1, -0.05) is 31.2 Å². The molecule has 0 aromatic heterocycles. The highest BCUT2D eigenvalue weighted by Crippen LogP contribution is 2.25. The second kappa shape index (κ2) is 5.68. The molecular weight excluding hydrogens is 286 g/mol. The third-order valence-corrected chi connectivity index (χ3v) is 6.32. The fraction of sp³-hybridized carbons (Fsp3) is 0.600. The molecule has 3 rings (SSSR count). The van der Waals surface area contributed by atoms with E-state index in [0.29, 0.717) is 32.1 Å². The summed E-state index contributed by atoms with van der Waals surface area (Å²) in [4.78, 5) is 0. The lowest BCUT2D eigenvalue weighted by molar-refractivity contribution is 0.233. The van der Waals surface area contributed by atoms with Gasteiger partial charge in [0.1, 0.15) is 0 Å². The van der Waals surface area contributed by atoms with Crippen LogP contribution >= 0.6 is 0 Å². The van der Waals surface area contributed by atoms with E-state index in [1.807, 2.05) is 18.2 Å². The molecule has 1 aromatic carbocycles. The van der Waals surface area contributed by atoms with Crippen molar-refractivity contribution in [3.8, 4) is 0 Å². The molecule has 1 saturated heterocycles. The van der Waals surface area contributed by atoms with E-state index in [9.17, 15) is 8.42 Å². The number of nitrogens with zero attached hydrogens (tertiary/aromatic N) is 2. The number of piperidine rings is 1. The van der Waals surface area contributed by atoms with Crippen molar-refractivity contribution in [1.29, 1.82) is 0 Å². The molecule has 0 amide bonds. The molecule has 1 fully saturated rings. The van der Waals surface area contributed by atoms with Gasteiger partial charge in [0.05, 0.1) is 0 Å². The molecule has 0 radical (unpaired) electrons. The predicted octanol–water partition coefficient (Wildman–Crippen LogP) is 0.959. The first-order valence-corrected chi connectivity index (χ1v) is 8.94. The van der Waals surface area contributed by atoms with E-state index < -0.39 is 10.2 Å². The first-order valence-electron chi connectivity index (χ1n) is 7.54. The van der Waals surface area contributed by atoms with Gasteiger partial charge in [-0.25, -0.2) is 0 Å². The lowest BCUT2D eigenvalue weighted by Gasteiger charge is -2.38. The summed E-state index contributed by atoms with van der Waals surface area (Å²) < 4.78 is 28.8. The second-order valence-electron chi connectivity index (χ2n) is 6.28. The summed E-state index contributed by atoms with van der Waals surface area (Å²) in [6.45, 7) is 4.10. The quantitative estimate of drug-likeness (QED) is 0.885. The van der Waals surface area contributed by atoms with Gasteiger partial charge in [0, 0.05) is 32.2 Å². The monoisotopic (exact) mass is 309 g/mol. The molecule has 5 nitrogen and oxygen atoms in total. The number of nitrogens with two attached hydrogens (primary N) is 1. The van der Waals surface area contributed by atoms with Crippen LogP contribution in [-0.2, 0) is 23.2 Å². The molecule has 0 aliphatic carbocycles. The van der Waals surface area contributed by atoms with E-state index in [1.54, 1.807) is 8.61 Å². The van der Waals surface area contributed by atoms with E-state index in [2.05, 4.69) is 13.0 Å². The van der Waals surface area contributed by atoms with Crippen LogP contribution in [0.1, 0.15) is 24.5 Å². The summed E-state index contributed by atoms with van der Waals surface area (Å²) in [6, 6.07) is 8.02. The number of fused-ring (bicyclic) bond motifs is 1. The topological polar surface area (TPSA) is 66.6 Å². The molecule has 2 N–H and O–H groups in total. The van der Waals surface area contributed by atoms with Gasteiger partial charge in [-0.2, -0.15) is 17.0 Å². The van der Waals surface area contributed by atoms with E-state index in [-0.39, 0.29) is 6.04 Å². The Bertz CT molecular complexity index is 607. The highest BCUT2D eigenvalue weighted by molar-refractivity contribution is 7.86. The second-order valence-corrected chi connectivity index (χ2v) is 8.21. The Morgan fingerprint density at radius 3 is 2.57 bits per heavy atom. The summed E-state index contributed by atoms with van der Waals surface area (Å²) in [6.07, 6.45) is 1.68. The van der Waals surface area contributed by atoms with Crippen molar-refractivity contribution >= 4 is 10.2 Å². The Morgan fingerprint density at radius 2 is 1.86 bits per heavy atom. The Hall–Kier alpha value is -0.950. The number of hydrogen-bond donors (Lipinski definition) is 1. The lowest BCUT2D eigenvalue weighted by Crippen LogP contribution is -2.54. The van der Waals surface area contributed by atoms with Crippen LogP contribution in [0.4, 0.5) is 0 Å². The first-order chi connectivity index (χ1) is 9.96. The van der Waals surface area contributed by atoms with E-state index in [4.69, 9.17) is 5.73 Å². The Balaban J connectivity index is 1.80. The normalized spacial score (nSPS) is 28.3. The molecular formula is C15H23N3O2S. The van der Waals surface area contributed by atoms with Crippen LogP contribution in [0, 0.1) is 5.92 Å². The molecule has 21 heavy (non-hydrogen) atoms. The van der Waals surface area contributed by atoms with Gasteiger partial charge in [0.15, 0.2) is 0 Å². The van der Waals surface area contributed by atoms with Crippen molar-refractivity contribution in [3.63, 3.8) is 0 Å². The average molecular weight is 309 g/mol. The van der Waals surface area contributed by atoms with Crippen LogP contribution in [0.15, 0.2) is 24.3 Å². The summed E-state index contributed by atoms with van der Waals surface area (Å²) in [5.41, 5.74) is 8.36. The van der Waals surface area contributed by atoms with Gasteiger partial charge in [0.25, 0.3) is 10.2 Å².